The molecule has 5 aromatic rings. The maximum atomic E-state index is 14.4. The molecule has 6 rings (SSSR count). The van der Waals surface area contributed by atoms with Crippen LogP contribution in [0.25, 0.3) is 27.8 Å². The van der Waals surface area contributed by atoms with Gasteiger partial charge in [0.2, 0.25) is 0 Å². The highest BCUT2D eigenvalue weighted by Crippen LogP contribution is 2.33. The third-order valence-corrected chi connectivity index (χ3v) is 6.49. The molecule has 0 aliphatic carbocycles. The van der Waals surface area contributed by atoms with Crippen LogP contribution < -0.4 is 4.90 Å². The number of pyridine rings is 1. The predicted molar refractivity (Wildman–Crippen MR) is 132 cm³/mol. The highest BCUT2D eigenvalue weighted by atomic mass is 19.1. The number of para-hydroxylation sites is 1. The number of aryl methyl sites for hydroxylation is 2. The second kappa shape index (κ2) is 9.16. The topological polar surface area (TPSA) is 75.8 Å². The van der Waals surface area contributed by atoms with E-state index in [4.69, 9.17) is 14.7 Å². The van der Waals surface area contributed by atoms with Gasteiger partial charge >= 0.3 is 0 Å². The second-order valence-electron chi connectivity index (χ2n) is 8.74. The first kappa shape index (κ1) is 22.4. The second-order valence-corrected chi connectivity index (χ2v) is 8.74. The molecule has 3 aromatic heterocycles. The number of phenols is 1. The van der Waals surface area contributed by atoms with Gasteiger partial charge in [0.1, 0.15) is 0 Å². The van der Waals surface area contributed by atoms with Crippen molar-refractivity contribution in [3.8, 4) is 17.0 Å². The molecule has 1 fully saturated rings. The number of anilines is 1. The molecule has 2 aromatic carbocycles. The van der Waals surface area contributed by atoms with E-state index in [1.807, 2.05) is 42.5 Å². The normalized spacial score (nSPS) is 14.1. The molecule has 0 amide bonds. The zero-order chi connectivity index (χ0) is 24.6. The van der Waals surface area contributed by atoms with Gasteiger partial charge in [0, 0.05) is 29.7 Å². The highest BCUT2D eigenvalue weighted by molar-refractivity contribution is 5.78. The maximum absolute atomic E-state index is 14.4. The Balaban J connectivity index is 1.45. The lowest BCUT2D eigenvalue weighted by Crippen LogP contribution is -2.36. The summed E-state index contributed by atoms with van der Waals surface area (Å²) in [7, 11) is 0. The number of benzene rings is 2. The number of morpholine rings is 1. The summed E-state index contributed by atoms with van der Waals surface area (Å²) in [5, 5.41) is 15.2. The van der Waals surface area contributed by atoms with Crippen molar-refractivity contribution in [2.75, 3.05) is 31.2 Å². The molecule has 36 heavy (non-hydrogen) atoms. The van der Waals surface area contributed by atoms with Crippen LogP contribution in [-0.4, -0.2) is 51.0 Å². The standard InChI is InChI=1S/C27H23F2N5O2/c28-20-15-18(16-21(29)26(20)35)25-23(8-7-19-6-5-17-3-1-2-4-22(17)31-19)32-27-24(9-10-30-34(25)27)33-11-13-36-14-12-33/h1-6,9-10,15-16,35H,7-8,11-14H2. The van der Waals surface area contributed by atoms with Gasteiger partial charge in [0.15, 0.2) is 23.0 Å². The third kappa shape index (κ3) is 4.01. The summed E-state index contributed by atoms with van der Waals surface area (Å²) >= 11 is 0. The Kier molecular flexibility index (Phi) is 5.69. The number of nitrogens with zero attached hydrogens (tertiary/aromatic N) is 5. The number of rotatable bonds is 5. The number of phenolic OH excluding ortho intramolecular Hbond substituents is 1. The average Bonchev–Trinajstić information content (AvgIpc) is 3.29. The summed E-state index contributed by atoms with van der Waals surface area (Å²) in [6, 6.07) is 16.0. The molecule has 1 aliphatic heterocycles. The van der Waals surface area contributed by atoms with Crippen molar-refractivity contribution in [3.05, 3.63) is 83.8 Å². The molecular formula is C27H23F2N5O2. The van der Waals surface area contributed by atoms with E-state index in [-0.39, 0.29) is 5.56 Å². The van der Waals surface area contributed by atoms with Crippen molar-refractivity contribution >= 4 is 22.2 Å². The fraction of sp³-hybridized carbons (Fsp3) is 0.222. The Morgan fingerprint density at radius 3 is 2.50 bits per heavy atom. The van der Waals surface area contributed by atoms with Crippen LogP contribution in [0.2, 0.25) is 0 Å². The summed E-state index contributed by atoms with van der Waals surface area (Å²) in [5.41, 5.74) is 4.66. The minimum atomic E-state index is -1.04. The lowest BCUT2D eigenvalue weighted by atomic mass is 10.1. The Hall–Kier alpha value is -4.11. The third-order valence-electron chi connectivity index (χ3n) is 6.49. The highest BCUT2D eigenvalue weighted by Gasteiger charge is 2.23. The van der Waals surface area contributed by atoms with E-state index in [0.29, 0.717) is 56.2 Å². The molecule has 0 atom stereocenters. The van der Waals surface area contributed by atoms with Crippen molar-refractivity contribution in [1.82, 2.24) is 19.6 Å². The summed E-state index contributed by atoms with van der Waals surface area (Å²) in [6.07, 6.45) is 2.72. The molecule has 9 heteroatoms. The van der Waals surface area contributed by atoms with E-state index in [9.17, 15) is 13.9 Å². The summed E-state index contributed by atoms with van der Waals surface area (Å²) < 4.78 is 35.8. The van der Waals surface area contributed by atoms with Crippen molar-refractivity contribution in [3.63, 3.8) is 0 Å². The van der Waals surface area contributed by atoms with Gasteiger partial charge in [-0.1, -0.05) is 24.3 Å². The first-order chi connectivity index (χ1) is 17.6. The molecule has 1 N–H and O–H groups in total. The molecule has 0 bridgehead atoms. The van der Waals surface area contributed by atoms with Crippen LogP contribution >= 0.6 is 0 Å². The predicted octanol–water partition coefficient (Wildman–Crippen LogP) is 4.55. The lowest BCUT2D eigenvalue weighted by molar-refractivity contribution is 0.123. The van der Waals surface area contributed by atoms with Gasteiger partial charge in [0.25, 0.3) is 0 Å². The van der Waals surface area contributed by atoms with E-state index >= 15 is 0 Å². The molecular weight excluding hydrogens is 464 g/mol. The zero-order valence-electron chi connectivity index (χ0n) is 19.4. The van der Waals surface area contributed by atoms with Gasteiger partial charge in [-0.2, -0.15) is 5.10 Å². The average molecular weight is 488 g/mol. The van der Waals surface area contributed by atoms with Crippen molar-refractivity contribution in [2.24, 2.45) is 0 Å². The largest absolute Gasteiger partial charge is 0.503 e. The molecule has 0 spiro atoms. The molecule has 182 valence electrons. The summed E-state index contributed by atoms with van der Waals surface area (Å²) in [5.74, 6) is -3.07. The molecule has 0 saturated carbocycles. The minimum Gasteiger partial charge on any atom is -0.503 e. The Bertz CT molecular complexity index is 1560. The van der Waals surface area contributed by atoms with E-state index in [1.54, 1.807) is 10.7 Å². The number of aromatic hydroxyl groups is 1. The molecule has 4 heterocycles. The van der Waals surface area contributed by atoms with Gasteiger partial charge < -0.3 is 14.7 Å². The van der Waals surface area contributed by atoms with Crippen LogP contribution in [0.15, 0.2) is 60.8 Å². The molecule has 0 radical (unpaired) electrons. The van der Waals surface area contributed by atoms with Gasteiger partial charge in [-0.3, -0.25) is 4.98 Å². The number of fused-ring (bicyclic) bond motifs is 2. The number of hydrogen-bond acceptors (Lipinski definition) is 6. The fourth-order valence-electron chi connectivity index (χ4n) is 4.69. The van der Waals surface area contributed by atoms with Crippen LogP contribution in [0.1, 0.15) is 11.4 Å². The molecule has 1 aliphatic rings. The SMILES string of the molecule is Oc1c(F)cc(-c2c(CCc3ccc4ccccc4n3)nc3c(N4CCOCC4)ccnn23)cc1F. The van der Waals surface area contributed by atoms with Crippen LogP contribution in [-0.2, 0) is 17.6 Å². The first-order valence-electron chi connectivity index (χ1n) is 11.8. The number of hydrogen-bond donors (Lipinski definition) is 1. The number of halogens is 2. The van der Waals surface area contributed by atoms with Gasteiger partial charge in [-0.25, -0.2) is 18.3 Å². The molecule has 1 saturated heterocycles. The van der Waals surface area contributed by atoms with E-state index in [2.05, 4.69) is 10.00 Å². The fourth-order valence-corrected chi connectivity index (χ4v) is 4.69. The monoisotopic (exact) mass is 487 g/mol. The zero-order valence-corrected chi connectivity index (χ0v) is 19.4. The van der Waals surface area contributed by atoms with Crippen molar-refractivity contribution in [1.29, 1.82) is 0 Å². The Morgan fingerprint density at radius 2 is 1.69 bits per heavy atom. The van der Waals surface area contributed by atoms with Crippen molar-refractivity contribution in [2.45, 2.75) is 12.8 Å². The number of imidazole rings is 1. The lowest BCUT2D eigenvalue weighted by Gasteiger charge is -2.28. The van der Waals surface area contributed by atoms with E-state index in [1.165, 1.54) is 0 Å². The number of aromatic nitrogens is 4. The Labute approximate surface area is 205 Å². The van der Waals surface area contributed by atoms with Crippen LogP contribution in [0, 0.1) is 11.6 Å². The van der Waals surface area contributed by atoms with Crippen LogP contribution in [0.4, 0.5) is 14.5 Å². The number of ether oxygens (including phenoxy) is 1. The van der Waals surface area contributed by atoms with Crippen molar-refractivity contribution < 1.29 is 18.6 Å². The van der Waals surface area contributed by atoms with Gasteiger partial charge in [-0.05, 0) is 43.2 Å². The van der Waals surface area contributed by atoms with E-state index in [0.717, 1.165) is 34.4 Å². The quantitative estimate of drug-likeness (QED) is 0.392. The summed E-state index contributed by atoms with van der Waals surface area (Å²) in [6.45, 7) is 2.63. The first-order valence-corrected chi connectivity index (χ1v) is 11.8. The smallest absolute Gasteiger partial charge is 0.187 e. The van der Waals surface area contributed by atoms with Crippen LogP contribution in [0.3, 0.4) is 0 Å². The maximum Gasteiger partial charge on any atom is 0.187 e. The molecule has 0 unspecified atom stereocenters. The van der Waals surface area contributed by atoms with E-state index < -0.39 is 17.4 Å². The Morgan fingerprint density at radius 1 is 0.917 bits per heavy atom. The summed E-state index contributed by atoms with van der Waals surface area (Å²) in [4.78, 5) is 11.8. The molecule has 7 nitrogen and oxygen atoms in total. The van der Waals surface area contributed by atoms with Crippen LogP contribution in [0.5, 0.6) is 5.75 Å². The van der Waals surface area contributed by atoms with Gasteiger partial charge in [-0.15, -0.1) is 0 Å². The van der Waals surface area contributed by atoms with Gasteiger partial charge in [0.05, 0.1) is 42.0 Å². The minimum absolute atomic E-state index is 0.253.